The van der Waals surface area contributed by atoms with Gasteiger partial charge in [-0.1, -0.05) is 157 Å². The Hall–Kier alpha value is -2.55. The van der Waals surface area contributed by atoms with Crippen molar-refractivity contribution < 1.29 is 42.1 Å². The molecule has 0 radical (unpaired) electrons. The van der Waals surface area contributed by atoms with E-state index in [9.17, 15) is 19.0 Å². The fraction of sp³-hybridized carbons (Fsp3) is 0.689. The van der Waals surface area contributed by atoms with Crippen LogP contribution >= 0.6 is 7.82 Å². The summed E-state index contributed by atoms with van der Waals surface area (Å²) in [6.07, 6.45) is 45.4. The Bertz CT molecular complexity index is 1170. The first kappa shape index (κ1) is 52.5. The lowest BCUT2D eigenvalue weighted by molar-refractivity contribution is -0.870. The Kier molecular flexibility index (Phi) is 35.3. The number of hydrogen-bond donors (Lipinski definition) is 1. The summed E-state index contributed by atoms with van der Waals surface area (Å²) in [6, 6.07) is 0. The summed E-state index contributed by atoms with van der Waals surface area (Å²) >= 11 is 0. The minimum Gasteiger partial charge on any atom is -0.462 e. The average Bonchev–Trinajstić information content (AvgIpc) is 3.13. The molecule has 0 heterocycles. The van der Waals surface area contributed by atoms with Crippen LogP contribution in [0.25, 0.3) is 0 Å². The number of esters is 2. The van der Waals surface area contributed by atoms with Crippen LogP contribution in [-0.2, 0) is 32.7 Å². The molecule has 2 atom stereocenters. The number of ether oxygens (including phenoxy) is 2. The number of nitrogens with zero attached hydrogens (tertiary/aromatic N) is 1. The van der Waals surface area contributed by atoms with E-state index in [0.29, 0.717) is 23.9 Å². The van der Waals surface area contributed by atoms with Gasteiger partial charge in [-0.3, -0.25) is 18.6 Å². The van der Waals surface area contributed by atoms with Gasteiger partial charge in [0.15, 0.2) is 6.10 Å². The van der Waals surface area contributed by atoms with E-state index in [4.69, 9.17) is 18.5 Å². The largest absolute Gasteiger partial charge is 0.472 e. The molecule has 0 aromatic rings. The molecule has 0 aromatic carbocycles. The van der Waals surface area contributed by atoms with Crippen molar-refractivity contribution in [2.75, 3.05) is 47.5 Å². The van der Waals surface area contributed by atoms with Crippen LogP contribution < -0.4 is 0 Å². The molecule has 316 valence electrons. The third-order valence-electron chi connectivity index (χ3n) is 8.51. The number of carbonyl (C=O) groups is 2. The third-order valence-corrected chi connectivity index (χ3v) is 9.50. The lowest BCUT2D eigenvalue weighted by Crippen LogP contribution is -2.37. The highest BCUT2D eigenvalue weighted by atomic mass is 31.2. The molecule has 9 nitrogen and oxygen atoms in total. The summed E-state index contributed by atoms with van der Waals surface area (Å²) in [7, 11) is 1.43. The molecule has 1 N–H and O–H groups in total. The molecule has 0 saturated heterocycles. The maximum atomic E-state index is 12.6. The summed E-state index contributed by atoms with van der Waals surface area (Å²) in [6.45, 7) is 4.20. The van der Waals surface area contributed by atoms with Gasteiger partial charge in [0, 0.05) is 12.8 Å². The highest BCUT2D eigenvalue weighted by Crippen LogP contribution is 2.43. The van der Waals surface area contributed by atoms with E-state index in [1.807, 2.05) is 33.3 Å². The first-order valence-electron chi connectivity index (χ1n) is 21.2. The summed E-state index contributed by atoms with van der Waals surface area (Å²) in [4.78, 5) is 35.2. The monoisotopic (exact) mass is 793 g/mol. The van der Waals surface area contributed by atoms with Gasteiger partial charge in [0.25, 0.3) is 0 Å². The van der Waals surface area contributed by atoms with E-state index in [-0.39, 0.29) is 26.1 Å². The van der Waals surface area contributed by atoms with E-state index in [0.717, 1.165) is 57.8 Å². The predicted octanol–water partition coefficient (Wildman–Crippen LogP) is 11.9. The standard InChI is InChI=1S/C45H78NO8P/c1-6-8-10-12-14-16-18-20-21-22-23-24-25-26-28-29-31-33-35-37-44(47)51-41-43(42-53-55(49,50)52-40-39-46(3,4)5)54-45(48)38-36-34-32-30-27-19-17-15-13-11-9-7-2/h8,10,14,16,20-21,23-24,26,28,31,33,43H,6-7,9,11-13,15,17-19,22,25,27,29-30,32,34-42H2,1-5H3/p+1/b10-8-,16-14-,21-20-,24-23-,28-26-,33-31-/t43-/m1/s1. The van der Waals surface area contributed by atoms with Crippen LogP contribution in [0.1, 0.15) is 149 Å². The maximum Gasteiger partial charge on any atom is 0.472 e. The van der Waals surface area contributed by atoms with Crippen molar-refractivity contribution in [3.63, 3.8) is 0 Å². The average molecular weight is 793 g/mol. The Morgan fingerprint density at radius 3 is 1.51 bits per heavy atom. The van der Waals surface area contributed by atoms with Gasteiger partial charge in [0.1, 0.15) is 19.8 Å². The predicted molar refractivity (Wildman–Crippen MR) is 229 cm³/mol. The van der Waals surface area contributed by atoms with Crippen LogP contribution in [0.5, 0.6) is 0 Å². The van der Waals surface area contributed by atoms with Crippen LogP contribution in [0.3, 0.4) is 0 Å². The van der Waals surface area contributed by atoms with Crippen LogP contribution in [0.15, 0.2) is 72.9 Å². The van der Waals surface area contributed by atoms with Crippen molar-refractivity contribution in [1.29, 1.82) is 0 Å². The van der Waals surface area contributed by atoms with Gasteiger partial charge in [0.2, 0.25) is 0 Å². The molecule has 0 aromatic heterocycles. The molecule has 0 bridgehead atoms. The van der Waals surface area contributed by atoms with E-state index in [1.54, 1.807) is 0 Å². The molecule has 0 spiro atoms. The third kappa shape index (κ3) is 40.9. The van der Waals surface area contributed by atoms with Gasteiger partial charge in [0.05, 0.1) is 27.7 Å². The zero-order chi connectivity index (χ0) is 40.7. The van der Waals surface area contributed by atoms with Crippen LogP contribution in [0.2, 0.25) is 0 Å². The molecule has 0 rings (SSSR count). The second-order valence-electron chi connectivity index (χ2n) is 15.0. The number of likely N-dealkylation sites (N-methyl/N-ethyl adjacent to an activating group) is 1. The number of allylic oxidation sites excluding steroid dienone is 12. The Morgan fingerprint density at radius 2 is 1.04 bits per heavy atom. The van der Waals surface area contributed by atoms with Crippen molar-refractivity contribution in [1.82, 2.24) is 0 Å². The number of rotatable bonds is 37. The first-order valence-corrected chi connectivity index (χ1v) is 22.7. The second-order valence-corrected chi connectivity index (χ2v) is 16.5. The smallest absolute Gasteiger partial charge is 0.462 e. The van der Waals surface area contributed by atoms with Crippen molar-refractivity contribution in [2.24, 2.45) is 0 Å². The Morgan fingerprint density at radius 1 is 0.582 bits per heavy atom. The van der Waals surface area contributed by atoms with Gasteiger partial charge < -0.3 is 18.9 Å². The Balaban J connectivity index is 4.50. The Labute approximate surface area is 336 Å². The molecular weight excluding hydrogens is 713 g/mol. The topological polar surface area (TPSA) is 108 Å². The number of quaternary nitrogens is 1. The van der Waals surface area contributed by atoms with E-state index in [1.165, 1.54) is 51.4 Å². The van der Waals surface area contributed by atoms with E-state index >= 15 is 0 Å². The fourth-order valence-electron chi connectivity index (χ4n) is 5.21. The number of carbonyl (C=O) groups excluding carboxylic acids is 2. The van der Waals surface area contributed by atoms with Crippen LogP contribution in [0.4, 0.5) is 0 Å². The highest BCUT2D eigenvalue weighted by Gasteiger charge is 2.27. The lowest BCUT2D eigenvalue weighted by atomic mass is 10.0. The second kappa shape index (κ2) is 37.1. The molecule has 1 unspecified atom stereocenters. The van der Waals surface area contributed by atoms with Gasteiger partial charge >= 0.3 is 19.8 Å². The molecule has 0 aliphatic heterocycles. The van der Waals surface area contributed by atoms with Crippen LogP contribution in [0, 0.1) is 0 Å². The van der Waals surface area contributed by atoms with Gasteiger partial charge in [-0.2, -0.15) is 0 Å². The molecule has 0 fully saturated rings. The summed E-state index contributed by atoms with van der Waals surface area (Å²) in [5, 5.41) is 0. The number of phosphoric acid groups is 1. The van der Waals surface area contributed by atoms with Gasteiger partial charge in [-0.15, -0.1) is 0 Å². The van der Waals surface area contributed by atoms with Crippen molar-refractivity contribution >= 4 is 19.8 Å². The van der Waals surface area contributed by atoms with Gasteiger partial charge in [-0.05, 0) is 51.4 Å². The summed E-state index contributed by atoms with van der Waals surface area (Å²) < 4.78 is 34.1. The summed E-state index contributed by atoms with van der Waals surface area (Å²) in [5.41, 5.74) is 0. The zero-order valence-electron chi connectivity index (χ0n) is 35.4. The van der Waals surface area contributed by atoms with Crippen LogP contribution in [-0.4, -0.2) is 74.9 Å². The quantitative estimate of drug-likeness (QED) is 0.0218. The first-order chi connectivity index (χ1) is 26.5. The minimum absolute atomic E-state index is 0.0181. The maximum absolute atomic E-state index is 12.6. The molecule has 0 saturated carbocycles. The molecule has 0 amide bonds. The number of hydrogen-bond acceptors (Lipinski definition) is 7. The summed E-state index contributed by atoms with van der Waals surface area (Å²) in [5.74, 6) is -0.902. The van der Waals surface area contributed by atoms with Crippen molar-refractivity contribution in [3.05, 3.63) is 72.9 Å². The SMILES string of the molecule is CC/C=C\C/C=C\C/C=C\C/C=C\C/C=C\C/C=C\CCC(=O)OC[C@H](COP(=O)(O)OCC[N+](C)(C)C)OC(=O)CCCCCCCCCCCCCC. The number of unbranched alkanes of at least 4 members (excludes halogenated alkanes) is 11. The fourth-order valence-corrected chi connectivity index (χ4v) is 5.96. The molecular formula is C45H79NO8P+. The molecule has 0 aliphatic carbocycles. The lowest BCUT2D eigenvalue weighted by Gasteiger charge is -2.24. The molecule has 0 aliphatic rings. The van der Waals surface area contributed by atoms with Crippen molar-refractivity contribution in [2.45, 2.75) is 155 Å². The highest BCUT2D eigenvalue weighted by molar-refractivity contribution is 7.47. The van der Waals surface area contributed by atoms with Gasteiger partial charge in [-0.25, -0.2) is 4.57 Å². The minimum atomic E-state index is -4.39. The zero-order valence-corrected chi connectivity index (χ0v) is 36.3. The molecule has 55 heavy (non-hydrogen) atoms. The van der Waals surface area contributed by atoms with E-state index < -0.39 is 32.5 Å². The van der Waals surface area contributed by atoms with Crippen molar-refractivity contribution in [3.8, 4) is 0 Å². The number of phosphoric ester groups is 1. The molecule has 10 heteroatoms. The van der Waals surface area contributed by atoms with E-state index in [2.05, 4.69) is 74.6 Å². The normalized spacial score (nSPS) is 14.4.